The Hall–Kier alpha value is -2.85. The highest BCUT2D eigenvalue weighted by molar-refractivity contribution is 7.99. The van der Waals surface area contributed by atoms with Crippen LogP contribution in [0.3, 0.4) is 0 Å². The summed E-state index contributed by atoms with van der Waals surface area (Å²) >= 11 is 6.48. The molecule has 0 saturated heterocycles. The largest absolute Gasteiger partial charge is 0.455 e. The van der Waals surface area contributed by atoms with Crippen molar-refractivity contribution in [2.24, 2.45) is 5.73 Å². The number of alkyl halides is 2. The highest BCUT2D eigenvalue weighted by Gasteiger charge is 2.21. The Kier molecular flexibility index (Phi) is 8.88. The van der Waals surface area contributed by atoms with E-state index in [1.54, 1.807) is 24.3 Å². The first kappa shape index (κ1) is 23.4. The Morgan fingerprint density at radius 3 is 2.37 bits per heavy atom. The number of hydrogen-bond acceptors (Lipinski definition) is 5. The molecule has 1 unspecified atom stereocenters. The van der Waals surface area contributed by atoms with Crippen molar-refractivity contribution in [3.63, 3.8) is 0 Å². The van der Waals surface area contributed by atoms with Crippen LogP contribution in [0.4, 0.5) is 19.3 Å². The third kappa shape index (κ3) is 7.88. The number of rotatable bonds is 9. The summed E-state index contributed by atoms with van der Waals surface area (Å²) in [7, 11) is 0. The van der Waals surface area contributed by atoms with Gasteiger partial charge in [-0.25, -0.2) is 4.79 Å². The zero-order valence-corrected chi connectivity index (χ0v) is 17.0. The highest BCUT2D eigenvalue weighted by atomic mass is 35.5. The maximum absolute atomic E-state index is 12.3. The van der Waals surface area contributed by atoms with E-state index in [4.69, 9.17) is 22.1 Å². The van der Waals surface area contributed by atoms with Crippen molar-refractivity contribution in [2.75, 3.05) is 11.9 Å². The number of carbonyl (C=O) groups is 3. The van der Waals surface area contributed by atoms with E-state index in [9.17, 15) is 23.2 Å². The molecule has 0 radical (unpaired) electrons. The van der Waals surface area contributed by atoms with E-state index in [1.807, 2.05) is 0 Å². The smallest absolute Gasteiger partial charge is 0.312 e. The van der Waals surface area contributed by atoms with Crippen LogP contribution in [0.2, 0.25) is 5.02 Å². The molecule has 7 nitrogen and oxygen atoms in total. The molecule has 0 bridgehead atoms. The minimum atomic E-state index is -2.54. The Morgan fingerprint density at radius 2 is 1.77 bits per heavy atom. The van der Waals surface area contributed by atoms with Gasteiger partial charge in [0.25, 0.3) is 11.7 Å². The molecule has 0 fully saturated rings. The summed E-state index contributed by atoms with van der Waals surface area (Å²) in [6, 6.07) is 10.7. The van der Waals surface area contributed by atoms with Crippen molar-refractivity contribution in [1.29, 1.82) is 0 Å². The molecule has 0 aliphatic heterocycles. The molecule has 0 aromatic heterocycles. The van der Waals surface area contributed by atoms with Crippen molar-refractivity contribution in [3.8, 4) is 0 Å². The predicted molar refractivity (Wildman–Crippen MR) is 109 cm³/mol. The van der Waals surface area contributed by atoms with Gasteiger partial charge in [0, 0.05) is 15.6 Å². The van der Waals surface area contributed by atoms with Crippen LogP contribution < -0.4 is 16.4 Å². The van der Waals surface area contributed by atoms with Gasteiger partial charge in [-0.15, -0.1) is 0 Å². The molecule has 0 aliphatic carbocycles. The molecule has 2 rings (SSSR count). The zero-order chi connectivity index (χ0) is 22.1. The van der Waals surface area contributed by atoms with Crippen LogP contribution in [0.25, 0.3) is 0 Å². The number of nitrogens with one attached hydrogen (secondary N) is 2. The van der Waals surface area contributed by atoms with E-state index in [1.165, 1.54) is 24.3 Å². The standard InChI is InChI=1S/C19H18ClF2N3O4S/c20-14-4-2-1-3-13(14)15(25-19(23)28)9-17(27)29-10-16(26)24-11-5-7-12(8-6-11)30-18(21)22/h1-8,15,18H,9-10H2,(H,24,26)(H3,23,25,28). The number of primary amides is 1. The number of urea groups is 1. The third-order valence-electron chi connectivity index (χ3n) is 3.70. The van der Waals surface area contributed by atoms with Gasteiger partial charge in [-0.2, -0.15) is 8.78 Å². The maximum Gasteiger partial charge on any atom is 0.312 e. The molecule has 2 aromatic rings. The zero-order valence-electron chi connectivity index (χ0n) is 15.4. The van der Waals surface area contributed by atoms with E-state index < -0.39 is 36.3 Å². The van der Waals surface area contributed by atoms with Gasteiger partial charge in [0.05, 0.1) is 12.5 Å². The van der Waals surface area contributed by atoms with E-state index in [0.29, 0.717) is 32.9 Å². The summed E-state index contributed by atoms with van der Waals surface area (Å²) in [5.74, 6) is -3.91. The van der Waals surface area contributed by atoms with Gasteiger partial charge in [0.2, 0.25) is 0 Å². The Morgan fingerprint density at radius 1 is 1.10 bits per heavy atom. The SMILES string of the molecule is NC(=O)NC(CC(=O)OCC(=O)Nc1ccc(SC(F)F)cc1)c1ccccc1Cl. The minimum absolute atomic E-state index is 0.292. The predicted octanol–water partition coefficient (Wildman–Crippen LogP) is 3.94. The summed E-state index contributed by atoms with van der Waals surface area (Å²) in [5.41, 5.74) is 5.98. The van der Waals surface area contributed by atoms with E-state index in [2.05, 4.69) is 10.6 Å². The number of benzene rings is 2. The monoisotopic (exact) mass is 457 g/mol. The molecule has 0 saturated carbocycles. The second-order valence-corrected chi connectivity index (χ2v) is 7.37. The topological polar surface area (TPSA) is 111 Å². The van der Waals surface area contributed by atoms with Crippen LogP contribution in [-0.2, 0) is 14.3 Å². The van der Waals surface area contributed by atoms with Gasteiger partial charge in [-0.05, 0) is 35.9 Å². The van der Waals surface area contributed by atoms with Gasteiger partial charge in [0.15, 0.2) is 6.61 Å². The number of ether oxygens (including phenoxy) is 1. The number of thioether (sulfide) groups is 1. The number of esters is 1. The summed E-state index contributed by atoms with van der Waals surface area (Å²) in [6.45, 7) is -0.571. The van der Waals surface area contributed by atoms with Gasteiger partial charge < -0.3 is 21.1 Å². The lowest BCUT2D eigenvalue weighted by molar-refractivity contribution is -0.147. The minimum Gasteiger partial charge on any atom is -0.455 e. The second kappa shape index (κ2) is 11.4. The van der Waals surface area contributed by atoms with Crippen LogP contribution in [0, 0.1) is 0 Å². The molecule has 160 valence electrons. The molecular formula is C19H18ClF2N3O4S. The average Bonchev–Trinajstić information content (AvgIpc) is 2.67. The lowest BCUT2D eigenvalue weighted by atomic mass is 10.0. The quantitative estimate of drug-likeness (QED) is 0.390. The number of carbonyl (C=O) groups excluding carboxylic acids is 3. The number of amides is 3. The van der Waals surface area contributed by atoms with Crippen molar-refractivity contribution in [3.05, 3.63) is 59.1 Å². The van der Waals surface area contributed by atoms with Crippen molar-refractivity contribution in [1.82, 2.24) is 5.32 Å². The summed E-state index contributed by atoms with van der Waals surface area (Å²) in [5, 5.41) is 5.22. The van der Waals surface area contributed by atoms with Crippen molar-refractivity contribution < 1.29 is 27.9 Å². The fraction of sp³-hybridized carbons (Fsp3) is 0.211. The van der Waals surface area contributed by atoms with E-state index in [-0.39, 0.29) is 6.42 Å². The lowest BCUT2D eigenvalue weighted by Gasteiger charge is -2.18. The average molecular weight is 458 g/mol. The Bertz CT molecular complexity index is 900. The fourth-order valence-electron chi connectivity index (χ4n) is 2.46. The first-order valence-electron chi connectivity index (χ1n) is 8.55. The Labute approximate surface area is 180 Å². The summed E-state index contributed by atoms with van der Waals surface area (Å²) in [6.07, 6.45) is -0.292. The third-order valence-corrected chi connectivity index (χ3v) is 4.76. The molecular weight excluding hydrogens is 440 g/mol. The van der Waals surface area contributed by atoms with Gasteiger partial charge >= 0.3 is 12.0 Å². The normalized spacial score (nSPS) is 11.6. The molecule has 4 N–H and O–H groups in total. The summed E-state index contributed by atoms with van der Waals surface area (Å²) in [4.78, 5) is 35.6. The van der Waals surface area contributed by atoms with Crippen molar-refractivity contribution >= 4 is 47.0 Å². The molecule has 2 aromatic carbocycles. The number of nitrogens with two attached hydrogens (primary N) is 1. The fourth-order valence-corrected chi connectivity index (χ4v) is 3.22. The van der Waals surface area contributed by atoms with E-state index >= 15 is 0 Å². The second-order valence-electron chi connectivity index (χ2n) is 5.90. The molecule has 0 aliphatic rings. The first-order chi connectivity index (χ1) is 14.2. The van der Waals surface area contributed by atoms with Crippen LogP contribution >= 0.6 is 23.4 Å². The van der Waals surface area contributed by atoms with Gasteiger partial charge in [0.1, 0.15) is 0 Å². The van der Waals surface area contributed by atoms with Gasteiger partial charge in [-0.1, -0.05) is 41.6 Å². The number of halogens is 3. The molecule has 3 amide bonds. The molecule has 11 heteroatoms. The van der Waals surface area contributed by atoms with Crippen LogP contribution in [0.15, 0.2) is 53.4 Å². The number of hydrogen-bond donors (Lipinski definition) is 3. The van der Waals surface area contributed by atoms with Crippen LogP contribution in [0.1, 0.15) is 18.0 Å². The lowest BCUT2D eigenvalue weighted by Crippen LogP contribution is -2.35. The molecule has 1 atom stereocenters. The van der Waals surface area contributed by atoms with Crippen molar-refractivity contribution in [2.45, 2.75) is 23.1 Å². The summed E-state index contributed by atoms with van der Waals surface area (Å²) < 4.78 is 29.5. The first-order valence-corrected chi connectivity index (χ1v) is 9.81. The van der Waals surface area contributed by atoms with Crippen LogP contribution in [0.5, 0.6) is 0 Å². The number of anilines is 1. The van der Waals surface area contributed by atoms with E-state index in [0.717, 1.165) is 0 Å². The maximum atomic E-state index is 12.3. The highest BCUT2D eigenvalue weighted by Crippen LogP contribution is 2.26. The Balaban J connectivity index is 1.88. The van der Waals surface area contributed by atoms with Crippen LogP contribution in [-0.4, -0.2) is 30.3 Å². The molecule has 30 heavy (non-hydrogen) atoms. The molecule has 0 heterocycles. The van der Waals surface area contributed by atoms with Gasteiger partial charge in [-0.3, -0.25) is 9.59 Å². The molecule has 0 spiro atoms.